The highest BCUT2D eigenvalue weighted by molar-refractivity contribution is 4.87. The minimum absolute atomic E-state index is 0.317. The third-order valence-electron chi connectivity index (χ3n) is 4.42. The van der Waals surface area contributed by atoms with Gasteiger partial charge in [0.05, 0.1) is 19.3 Å². The maximum atomic E-state index is 8.89. The first-order valence-corrected chi connectivity index (χ1v) is 7.72. The van der Waals surface area contributed by atoms with E-state index in [1.807, 2.05) is 0 Å². The number of morpholine rings is 1. The fraction of sp³-hybridized carbons (Fsp3) is 0.933. The molecular weight excluding hydrogens is 238 g/mol. The average Bonchev–Trinajstić information content (AvgIpc) is 2.47. The summed E-state index contributed by atoms with van der Waals surface area (Å²) in [6.45, 7) is 6.04. The molecule has 1 aliphatic heterocycles. The van der Waals surface area contributed by atoms with Crippen molar-refractivity contribution in [3.63, 3.8) is 0 Å². The van der Waals surface area contributed by atoms with Crippen LogP contribution in [0.15, 0.2) is 0 Å². The van der Waals surface area contributed by atoms with Gasteiger partial charge in [0.2, 0.25) is 0 Å². The third kappa shape index (κ3) is 5.10. The highest BCUT2D eigenvalue weighted by Gasteiger charge is 2.22. The molecule has 4 heteroatoms. The van der Waals surface area contributed by atoms with E-state index in [9.17, 15) is 0 Å². The summed E-state index contributed by atoms with van der Waals surface area (Å²) in [5, 5.41) is 16.0. The van der Waals surface area contributed by atoms with E-state index >= 15 is 0 Å². The van der Waals surface area contributed by atoms with Crippen LogP contribution < -0.4 is 10.6 Å². The molecule has 0 radical (unpaired) electrons. The van der Waals surface area contributed by atoms with Gasteiger partial charge in [-0.15, -0.1) is 0 Å². The second kappa shape index (κ2) is 7.84. The molecule has 108 valence electrons. The van der Waals surface area contributed by atoms with E-state index in [2.05, 4.69) is 23.6 Å². The Balaban J connectivity index is 1.58. The Morgan fingerprint density at radius 2 is 2.16 bits per heavy atom. The van der Waals surface area contributed by atoms with Crippen LogP contribution >= 0.6 is 0 Å². The summed E-state index contributed by atoms with van der Waals surface area (Å²) >= 11 is 0. The molecule has 0 aromatic rings. The van der Waals surface area contributed by atoms with Crippen molar-refractivity contribution in [1.82, 2.24) is 10.6 Å². The predicted octanol–water partition coefficient (Wildman–Crippen LogP) is 1.67. The van der Waals surface area contributed by atoms with Gasteiger partial charge >= 0.3 is 0 Å². The maximum absolute atomic E-state index is 8.89. The molecule has 1 saturated carbocycles. The van der Waals surface area contributed by atoms with Gasteiger partial charge in [0, 0.05) is 24.5 Å². The number of nitrogens with zero attached hydrogens (tertiary/aromatic N) is 1. The molecule has 0 spiro atoms. The van der Waals surface area contributed by atoms with Gasteiger partial charge in [-0.2, -0.15) is 5.26 Å². The first-order valence-electron chi connectivity index (χ1n) is 7.72. The molecular formula is C15H27N3O. The van der Waals surface area contributed by atoms with Gasteiger partial charge in [-0.25, -0.2) is 0 Å². The van der Waals surface area contributed by atoms with Crippen molar-refractivity contribution in [2.75, 3.05) is 26.3 Å². The van der Waals surface area contributed by atoms with Crippen molar-refractivity contribution in [2.24, 2.45) is 11.8 Å². The van der Waals surface area contributed by atoms with Gasteiger partial charge in [-0.1, -0.05) is 0 Å². The SMILES string of the molecule is CC(CC1COCCN1)NCC1CCC(C#N)CC1. The lowest BCUT2D eigenvalue weighted by molar-refractivity contribution is 0.0710. The van der Waals surface area contributed by atoms with Crippen LogP contribution in [0.5, 0.6) is 0 Å². The average molecular weight is 265 g/mol. The van der Waals surface area contributed by atoms with Gasteiger partial charge in [0.15, 0.2) is 0 Å². The van der Waals surface area contributed by atoms with E-state index in [0.29, 0.717) is 18.0 Å². The Bertz CT molecular complexity index is 288. The number of hydrogen-bond acceptors (Lipinski definition) is 4. The molecule has 1 aliphatic carbocycles. The normalized spacial score (nSPS) is 33.6. The van der Waals surface area contributed by atoms with Crippen LogP contribution in [0.1, 0.15) is 39.0 Å². The van der Waals surface area contributed by atoms with E-state index in [0.717, 1.165) is 51.5 Å². The van der Waals surface area contributed by atoms with E-state index < -0.39 is 0 Å². The van der Waals surface area contributed by atoms with Crippen LogP contribution in [-0.4, -0.2) is 38.4 Å². The highest BCUT2D eigenvalue weighted by Crippen LogP contribution is 2.27. The Hall–Kier alpha value is -0.630. The largest absolute Gasteiger partial charge is 0.379 e. The van der Waals surface area contributed by atoms with Gasteiger partial charge in [0.1, 0.15) is 0 Å². The number of nitriles is 1. The van der Waals surface area contributed by atoms with Crippen LogP contribution in [-0.2, 0) is 4.74 Å². The zero-order chi connectivity index (χ0) is 13.5. The minimum atomic E-state index is 0.317. The van der Waals surface area contributed by atoms with Crippen molar-refractivity contribution in [1.29, 1.82) is 5.26 Å². The Morgan fingerprint density at radius 3 is 2.79 bits per heavy atom. The van der Waals surface area contributed by atoms with Crippen LogP contribution in [0.25, 0.3) is 0 Å². The lowest BCUT2D eigenvalue weighted by atomic mass is 9.82. The molecule has 1 saturated heterocycles. The second-order valence-corrected chi connectivity index (χ2v) is 6.12. The molecule has 2 rings (SSSR count). The molecule has 4 nitrogen and oxygen atoms in total. The first kappa shape index (κ1) is 14.8. The summed E-state index contributed by atoms with van der Waals surface area (Å²) in [4.78, 5) is 0. The molecule has 1 heterocycles. The molecule has 0 aromatic heterocycles. The van der Waals surface area contributed by atoms with E-state index in [4.69, 9.17) is 10.00 Å². The topological polar surface area (TPSA) is 57.1 Å². The van der Waals surface area contributed by atoms with Crippen LogP contribution in [0.2, 0.25) is 0 Å². The molecule has 2 fully saturated rings. The van der Waals surface area contributed by atoms with E-state index in [1.54, 1.807) is 0 Å². The van der Waals surface area contributed by atoms with Gasteiger partial charge in [0.25, 0.3) is 0 Å². The highest BCUT2D eigenvalue weighted by atomic mass is 16.5. The quantitative estimate of drug-likeness (QED) is 0.794. The van der Waals surface area contributed by atoms with Crippen molar-refractivity contribution in [3.8, 4) is 6.07 Å². The molecule has 0 bridgehead atoms. The molecule has 2 aliphatic rings. The number of nitrogens with one attached hydrogen (secondary N) is 2. The fourth-order valence-electron chi connectivity index (χ4n) is 3.14. The summed E-state index contributed by atoms with van der Waals surface area (Å²) in [6, 6.07) is 3.44. The molecule has 2 unspecified atom stereocenters. The van der Waals surface area contributed by atoms with Crippen molar-refractivity contribution >= 4 is 0 Å². The lowest BCUT2D eigenvalue weighted by Gasteiger charge is -2.29. The lowest BCUT2D eigenvalue weighted by Crippen LogP contribution is -2.45. The Labute approximate surface area is 116 Å². The predicted molar refractivity (Wildman–Crippen MR) is 75.8 cm³/mol. The molecule has 19 heavy (non-hydrogen) atoms. The summed E-state index contributed by atoms with van der Waals surface area (Å²) in [5.74, 6) is 1.08. The van der Waals surface area contributed by atoms with Gasteiger partial charge in [-0.05, 0) is 51.5 Å². The van der Waals surface area contributed by atoms with Gasteiger partial charge < -0.3 is 15.4 Å². The van der Waals surface area contributed by atoms with Crippen LogP contribution in [0, 0.1) is 23.2 Å². The number of ether oxygens (including phenoxy) is 1. The number of hydrogen-bond donors (Lipinski definition) is 2. The third-order valence-corrected chi connectivity index (χ3v) is 4.42. The standard InChI is InChI=1S/C15H27N3O/c1-12(8-15-11-19-7-6-17-15)18-10-14-4-2-13(9-16)3-5-14/h12-15,17-18H,2-8,10-11H2,1H3. The Morgan fingerprint density at radius 1 is 1.37 bits per heavy atom. The second-order valence-electron chi connectivity index (χ2n) is 6.12. The molecule has 0 aromatic carbocycles. The molecule has 2 atom stereocenters. The van der Waals surface area contributed by atoms with Crippen LogP contribution in [0.3, 0.4) is 0 Å². The van der Waals surface area contributed by atoms with Crippen molar-refractivity contribution in [2.45, 2.75) is 51.1 Å². The smallest absolute Gasteiger partial charge is 0.0655 e. The minimum Gasteiger partial charge on any atom is -0.379 e. The van der Waals surface area contributed by atoms with Crippen LogP contribution in [0.4, 0.5) is 0 Å². The van der Waals surface area contributed by atoms with E-state index in [-0.39, 0.29) is 0 Å². The monoisotopic (exact) mass is 265 g/mol. The first-order chi connectivity index (χ1) is 9.28. The van der Waals surface area contributed by atoms with E-state index in [1.165, 1.54) is 12.8 Å². The molecule has 0 amide bonds. The summed E-state index contributed by atoms with van der Waals surface area (Å²) in [7, 11) is 0. The molecule has 2 N–H and O–H groups in total. The zero-order valence-electron chi connectivity index (χ0n) is 12.0. The maximum Gasteiger partial charge on any atom is 0.0655 e. The number of rotatable bonds is 5. The summed E-state index contributed by atoms with van der Waals surface area (Å²) in [6.07, 6.45) is 5.74. The summed E-state index contributed by atoms with van der Waals surface area (Å²) in [5.41, 5.74) is 0. The Kier molecular flexibility index (Phi) is 6.09. The van der Waals surface area contributed by atoms with Crippen molar-refractivity contribution in [3.05, 3.63) is 0 Å². The van der Waals surface area contributed by atoms with Gasteiger partial charge in [-0.3, -0.25) is 0 Å². The van der Waals surface area contributed by atoms with Crippen molar-refractivity contribution < 1.29 is 4.74 Å². The zero-order valence-corrected chi connectivity index (χ0v) is 12.0. The summed E-state index contributed by atoms with van der Waals surface area (Å²) < 4.78 is 5.48. The fourth-order valence-corrected chi connectivity index (χ4v) is 3.14.